The van der Waals surface area contributed by atoms with Crippen LogP contribution in [-0.2, 0) is 4.74 Å². The number of cyclic esters (lactones) is 1. The first-order valence-corrected chi connectivity index (χ1v) is 5.25. The summed E-state index contributed by atoms with van der Waals surface area (Å²) in [6.07, 6.45) is 3.43. The molecule has 2 aliphatic heterocycles. The molecule has 1 fully saturated rings. The van der Waals surface area contributed by atoms with Crippen LogP contribution in [0, 0.1) is 0 Å². The molecule has 3 N–H and O–H groups in total. The molecule has 1 amide bonds. The van der Waals surface area contributed by atoms with Gasteiger partial charge < -0.3 is 15.4 Å². The van der Waals surface area contributed by atoms with Crippen molar-refractivity contribution < 1.29 is 9.53 Å². The van der Waals surface area contributed by atoms with Gasteiger partial charge in [-0.05, 0) is 6.26 Å². The van der Waals surface area contributed by atoms with Crippen molar-refractivity contribution in [3.63, 3.8) is 0 Å². The van der Waals surface area contributed by atoms with Gasteiger partial charge in [0.1, 0.15) is 18.3 Å². The zero-order chi connectivity index (χ0) is 9.26. The van der Waals surface area contributed by atoms with Crippen molar-refractivity contribution in [3.8, 4) is 0 Å². The Kier molecular flexibility index (Phi) is 2.32. The number of ether oxygens (including phenoxy) is 1. The maximum Gasteiger partial charge on any atom is 0.408 e. The van der Waals surface area contributed by atoms with Gasteiger partial charge in [0.15, 0.2) is 0 Å². The minimum atomic E-state index is -0.364. The first-order valence-electron chi connectivity index (χ1n) is 3.97. The van der Waals surface area contributed by atoms with E-state index in [4.69, 9.17) is 4.74 Å². The lowest BCUT2D eigenvalue weighted by Gasteiger charge is -2.34. The average molecular weight is 201 g/mol. The Bertz CT molecular complexity index is 256. The van der Waals surface area contributed by atoms with Crippen LogP contribution in [0.4, 0.5) is 4.79 Å². The van der Waals surface area contributed by atoms with Crippen LogP contribution in [0.5, 0.6) is 0 Å². The summed E-state index contributed by atoms with van der Waals surface area (Å²) in [6, 6.07) is 0. The summed E-state index contributed by atoms with van der Waals surface area (Å²) in [4.78, 5) is 10.9. The predicted octanol–water partition coefficient (Wildman–Crippen LogP) is -0.224. The molecule has 13 heavy (non-hydrogen) atoms. The molecule has 72 valence electrons. The Morgan fingerprint density at radius 1 is 1.69 bits per heavy atom. The van der Waals surface area contributed by atoms with Gasteiger partial charge in [0.25, 0.3) is 0 Å². The number of amides is 1. The third-order valence-electron chi connectivity index (χ3n) is 1.98. The number of rotatable bonds is 1. The monoisotopic (exact) mass is 201 g/mol. The highest BCUT2D eigenvalue weighted by Gasteiger charge is 2.28. The Morgan fingerprint density at radius 3 is 3.31 bits per heavy atom. The third kappa shape index (κ3) is 1.73. The number of carbonyl (C=O) groups is 1. The minimum Gasteiger partial charge on any atom is -0.445 e. The zero-order valence-corrected chi connectivity index (χ0v) is 7.98. The van der Waals surface area contributed by atoms with Gasteiger partial charge >= 0.3 is 6.09 Å². The van der Waals surface area contributed by atoms with E-state index >= 15 is 0 Å². The fraction of sp³-hybridized carbons (Fsp3) is 0.571. The molecule has 1 saturated heterocycles. The molecular formula is C7H11N3O2S. The van der Waals surface area contributed by atoms with E-state index in [-0.39, 0.29) is 17.8 Å². The van der Waals surface area contributed by atoms with Crippen LogP contribution in [0.1, 0.15) is 0 Å². The third-order valence-corrected chi connectivity index (χ3v) is 2.72. The fourth-order valence-electron chi connectivity index (χ4n) is 1.28. The van der Waals surface area contributed by atoms with Crippen LogP contribution in [0.2, 0.25) is 0 Å². The summed E-state index contributed by atoms with van der Waals surface area (Å²) in [5.41, 5.74) is 1.16. The van der Waals surface area contributed by atoms with E-state index in [2.05, 4.69) is 16.0 Å². The summed E-state index contributed by atoms with van der Waals surface area (Å²) >= 11 is 1.64. The van der Waals surface area contributed by atoms with Crippen LogP contribution in [0.15, 0.2) is 11.8 Å². The van der Waals surface area contributed by atoms with Gasteiger partial charge in [-0.1, -0.05) is 0 Å². The van der Waals surface area contributed by atoms with Crippen molar-refractivity contribution in [1.82, 2.24) is 16.0 Å². The number of carbonyl (C=O) groups excluding carboxylic acids is 1. The molecular weight excluding hydrogens is 190 g/mol. The maximum absolute atomic E-state index is 10.9. The largest absolute Gasteiger partial charge is 0.445 e. The first kappa shape index (κ1) is 8.71. The van der Waals surface area contributed by atoms with Crippen LogP contribution in [0.3, 0.4) is 0 Å². The Labute approximate surface area is 80.3 Å². The standard InChI is InChI=1S/C7H11N3O2S/c1-13-6-8-2-4-3-12-7(11)10-5(4)9-6/h2,5-6,8-9H,3H2,1H3,(H,10,11). The number of hydrogen-bond donors (Lipinski definition) is 3. The second kappa shape index (κ2) is 3.47. The van der Waals surface area contributed by atoms with Crippen molar-refractivity contribution in [2.45, 2.75) is 11.7 Å². The van der Waals surface area contributed by atoms with Crippen LogP contribution >= 0.6 is 11.8 Å². The normalized spacial score (nSPS) is 32.1. The van der Waals surface area contributed by atoms with Gasteiger partial charge in [-0.25, -0.2) is 4.79 Å². The minimum absolute atomic E-state index is 0.0834. The number of alkyl carbamates (subject to hydrolysis) is 1. The molecule has 0 saturated carbocycles. The summed E-state index contributed by atoms with van der Waals surface area (Å²) in [6.45, 7) is 0.359. The summed E-state index contributed by atoms with van der Waals surface area (Å²) in [5.74, 6) is 0. The SMILES string of the molecule is CSC1NC=C2COC(=O)NC2N1. The lowest BCUT2D eigenvalue weighted by Crippen LogP contribution is -2.59. The smallest absolute Gasteiger partial charge is 0.408 e. The fourth-order valence-corrected chi connectivity index (χ4v) is 1.75. The molecule has 5 nitrogen and oxygen atoms in total. The highest BCUT2D eigenvalue weighted by Crippen LogP contribution is 2.13. The first-order chi connectivity index (χ1) is 6.29. The molecule has 0 aromatic rings. The Hall–Kier alpha value is -0.880. The Morgan fingerprint density at radius 2 is 2.54 bits per heavy atom. The molecule has 2 heterocycles. The van der Waals surface area contributed by atoms with Crippen LogP contribution < -0.4 is 16.0 Å². The van der Waals surface area contributed by atoms with Gasteiger partial charge in [0.05, 0.1) is 0 Å². The molecule has 0 aliphatic carbocycles. The molecule has 0 aromatic heterocycles. The summed E-state index contributed by atoms with van der Waals surface area (Å²) < 4.78 is 4.81. The van der Waals surface area contributed by atoms with E-state index in [1.54, 1.807) is 11.8 Å². The summed E-state index contributed by atoms with van der Waals surface area (Å²) in [5, 5.41) is 9.04. The zero-order valence-electron chi connectivity index (χ0n) is 7.16. The van der Waals surface area contributed by atoms with E-state index in [1.807, 2.05) is 12.5 Å². The molecule has 2 unspecified atom stereocenters. The molecule has 2 rings (SSSR count). The van der Waals surface area contributed by atoms with Crippen molar-refractivity contribution in [2.75, 3.05) is 12.9 Å². The summed E-state index contributed by atoms with van der Waals surface area (Å²) in [7, 11) is 0. The number of nitrogens with one attached hydrogen (secondary N) is 3. The molecule has 0 aromatic carbocycles. The van der Waals surface area contributed by atoms with Crippen LogP contribution in [-0.4, -0.2) is 30.6 Å². The van der Waals surface area contributed by atoms with E-state index in [1.165, 1.54) is 0 Å². The quantitative estimate of drug-likeness (QED) is 0.547. The lowest BCUT2D eigenvalue weighted by atomic mass is 10.2. The number of hydrogen-bond acceptors (Lipinski definition) is 5. The Balaban J connectivity index is 2.07. The van der Waals surface area contributed by atoms with E-state index < -0.39 is 0 Å². The second-order valence-electron chi connectivity index (χ2n) is 2.82. The van der Waals surface area contributed by atoms with Gasteiger partial charge in [-0.15, -0.1) is 11.8 Å². The van der Waals surface area contributed by atoms with Crippen molar-refractivity contribution in [1.29, 1.82) is 0 Å². The number of fused-ring (bicyclic) bond motifs is 1. The number of thioether (sulfide) groups is 1. The average Bonchev–Trinajstić information content (AvgIpc) is 2.16. The maximum atomic E-state index is 10.9. The van der Waals surface area contributed by atoms with Crippen molar-refractivity contribution in [2.24, 2.45) is 0 Å². The van der Waals surface area contributed by atoms with Crippen molar-refractivity contribution in [3.05, 3.63) is 11.8 Å². The molecule has 0 radical (unpaired) electrons. The van der Waals surface area contributed by atoms with Gasteiger partial charge in [0, 0.05) is 11.8 Å². The van der Waals surface area contributed by atoms with E-state index in [0.29, 0.717) is 6.61 Å². The van der Waals surface area contributed by atoms with E-state index in [0.717, 1.165) is 5.57 Å². The van der Waals surface area contributed by atoms with Gasteiger partial charge in [-0.3, -0.25) is 5.32 Å². The van der Waals surface area contributed by atoms with Gasteiger partial charge in [0.2, 0.25) is 0 Å². The van der Waals surface area contributed by atoms with Crippen molar-refractivity contribution >= 4 is 17.9 Å². The van der Waals surface area contributed by atoms with Crippen LogP contribution in [0.25, 0.3) is 0 Å². The predicted molar refractivity (Wildman–Crippen MR) is 49.9 cm³/mol. The molecule has 2 atom stereocenters. The van der Waals surface area contributed by atoms with E-state index in [9.17, 15) is 4.79 Å². The van der Waals surface area contributed by atoms with Gasteiger partial charge in [-0.2, -0.15) is 0 Å². The topological polar surface area (TPSA) is 62.4 Å². The highest BCUT2D eigenvalue weighted by atomic mass is 32.2. The lowest BCUT2D eigenvalue weighted by molar-refractivity contribution is 0.130. The molecule has 0 spiro atoms. The highest BCUT2D eigenvalue weighted by molar-refractivity contribution is 7.99. The molecule has 0 bridgehead atoms. The second-order valence-corrected chi connectivity index (χ2v) is 3.76. The molecule has 6 heteroatoms. The molecule has 2 aliphatic rings.